The van der Waals surface area contributed by atoms with Crippen molar-refractivity contribution in [1.82, 2.24) is 19.7 Å². The second-order valence-electron chi connectivity index (χ2n) is 12.4. The minimum absolute atomic E-state index is 0.0124. The molecule has 1 fully saturated rings. The van der Waals surface area contributed by atoms with E-state index in [0.29, 0.717) is 51.8 Å². The maximum atomic E-state index is 15.6. The molecule has 3 aromatic carbocycles. The topological polar surface area (TPSA) is 117 Å². The largest absolute Gasteiger partial charge is 0.497 e. The van der Waals surface area contributed by atoms with Gasteiger partial charge in [0.1, 0.15) is 11.5 Å². The van der Waals surface area contributed by atoms with Crippen molar-refractivity contribution in [3.8, 4) is 34.4 Å². The fraction of sp³-hybridized carbons (Fsp3) is 0.316. The van der Waals surface area contributed by atoms with Crippen molar-refractivity contribution < 1.29 is 28.1 Å². The molecule has 0 unspecified atom stereocenters. The standard InChI is InChI=1S/C38H40FN5O6/c1-24-13-17-43(18-14-24)16-5-19-49-35-23-31-29(22-34(35)48-4)32(12-15-40-31)50-33-11-8-27(21-30(33)39)44-36(45)20-25(2)37(42-44)38(46)41-26-6-9-28(47-3)10-7-26/h6-12,15,20-24H,5,13-14,16-19H2,1-4H3,(H,41,46). The fourth-order valence-corrected chi connectivity index (χ4v) is 5.89. The number of halogens is 1. The van der Waals surface area contributed by atoms with Gasteiger partial charge in [-0.05, 0) is 99.3 Å². The number of hydrogen-bond donors (Lipinski definition) is 1. The Morgan fingerprint density at radius 2 is 1.72 bits per heavy atom. The van der Waals surface area contributed by atoms with Gasteiger partial charge in [-0.3, -0.25) is 14.6 Å². The van der Waals surface area contributed by atoms with Gasteiger partial charge >= 0.3 is 0 Å². The molecule has 50 heavy (non-hydrogen) atoms. The van der Waals surface area contributed by atoms with Gasteiger partial charge in [-0.25, -0.2) is 4.39 Å². The van der Waals surface area contributed by atoms with Crippen LogP contribution in [0.15, 0.2) is 77.7 Å². The number of anilines is 1. The van der Waals surface area contributed by atoms with E-state index in [1.807, 2.05) is 0 Å². The Hall–Kier alpha value is -5.49. The highest BCUT2D eigenvalue weighted by molar-refractivity contribution is 6.03. The molecule has 1 amide bonds. The highest BCUT2D eigenvalue weighted by Gasteiger charge is 2.19. The van der Waals surface area contributed by atoms with Crippen molar-refractivity contribution in [2.75, 3.05) is 45.8 Å². The van der Waals surface area contributed by atoms with E-state index < -0.39 is 17.3 Å². The highest BCUT2D eigenvalue weighted by Crippen LogP contribution is 2.38. The quantitative estimate of drug-likeness (QED) is 0.142. The molecule has 260 valence electrons. The SMILES string of the molecule is COc1ccc(NC(=O)c2nn(-c3ccc(Oc4ccnc5cc(OCCCN6CCC(C)CC6)c(OC)cc45)c(F)c3)c(=O)cc2C)cc1. The predicted molar refractivity (Wildman–Crippen MR) is 189 cm³/mol. The van der Waals surface area contributed by atoms with E-state index in [9.17, 15) is 9.59 Å². The summed E-state index contributed by atoms with van der Waals surface area (Å²) in [5, 5.41) is 7.63. The van der Waals surface area contributed by atoms with Gasteiger partial charge in [0, 0.05) is 42.0 Å². The summed E-state index contributed by atoms with van der Waals surface area (Å²) >= 11 is 0. The summed E-state index contributed by atoms with van der Waals surface area (Å²) in [4.78, 5) is 32.9. The van der Waals surface area contributed by atoms with E-state index >= 15 is 4.39 Å². The van der Waals surface area contributed by atoms with E-state index in [4.69, 9.17) is 18.9 Å². The van der Waals surface area contributed by atoms with E-state index in [1.165, 1.54) is 31.0 Å². The Morgan fingerprint density at radius 1 is 0.940 bits per heavy atom. The van der Waals surface area contributed by atoms with Gasteiger partial charge in [0.15, 0.2) is 28.8 Å². The Bertz CT molecular complexity index is 2040. The number of methoxy groups -OCH3 is 2. The fourth-order valence-electron chi connectivity index (χ4n) is 5.89. The summed E-state index contributed by atoms with van der Waals surface area (Å²) < 4.78 is 39.4. The third-order valence-electron chi connectivity index (χ3n) is 8.80. The van der Waals surface area contributed by atoms with Crippen molar-refractivity contribution in [1.29, 1.82) is 0 Å². The number of piperidine rings is 1. The van der Waals surface area contributed by atoms with Gasteiger partial charge in [0.25, 0.3) is 11.5 Å². The van der Waals surface area contributed by atoms with Gasteiger partial charge in [-0.1, -0.05) is 6.92 Å². The Kier molecular flexibility index (Phi) is 10.6. The first-order chi connectivity index (χ1) is 24.2. The number of carbonyl (C=O) groups is 1. The number of nitrogens with zero attached hydrogens (tertiary/aromatic N) is 4. The number of likely N-dealkylation sites (tertiary alicyclic amines) is 1. The highest BCUT2D eigenvalue weighted by atomic mass is 19.1. The van der Waals surface area contributed by atoms with E-state index in [1.54, 1.807) is 69.8 Å². The summed E-state index contributed by atoms with van der Waals surface area (Å²) in [5.74, 6) is 1.53. The van der Waals surface area contributed by atoms with Crippen LogP contribution in [0, 0.1) is 18.7 Å². The summed E-state index contributed by atoms with van der Waals surface area (Å²) in [7, 11) is 3.11. The molecule has 5 aromatic rings. The summed E-state index contributed by atoms with van der Waals surface area (Å²) in [6, 6.07) is 17.3. The lowest BCUT2D eigenvalue weighted by molar-refractivity contribution is 0.102. The smallest absolute Gasteiger partial charge is 0.276 e. The van der Waals surface area contributed by atoms with Crippen LogP contribution in [0.25, 0.3) is 16.6 Å². The van der Waals surface area contributed by atoms with Crippen LogP contribution in [-0.2, 0) is 0 Å². The molecule has 1 aliphatic heterocycles. The molecule has 0 saturated carbocycles. The van der Waals surface area contributed by atoms with Gasteiger partial charge in [-0.2, -0.15) is 9.78 Å². The minimum atomic E-state index is -0.735. The first kappa shape index (κ1) is 34.4. The molecule has 0 aliphatic carbocycles. The van der Waals surface area contributed by atoms with Crippen LogP contribution in [0.5, 0.6) is 28.7 Å². The number of fused-ring (bicyclic) bond motifs is 1. The van der Waals surface area contributed by atoms with Crippen LogP contribution in [0.4, 0.5) is 10.1 Å². The predicted octanol–water partition coefficient (Wildman–Crippen LogP) is 6.79. The lowest BCUT2D eigenvalue weighted by Crippen LogP contribution is -2.34. The van der Waals surface area contributed by atoms with Crippen LogP contribution < -0.4 is 29.8 Å². The molecular weight excluding hydrogens is 641 g/mol. The molecule has 12 heteroatoms. The molecule has 1 aliphatic rings. The Morgan fingerprint density at radius 3 is 2.44 bits per heavy atom. The van der Waals surface area contributed by atoms with Gasteiger partial charge in [0.05, 0.1) is 32.0 Å². The lowest BCUT2D eigenvalue weighted by atomic mass is 9.99. The average Bonchev–Trinajstić information content (AvgIpc) is 3.12. The normalized spacial score (nSPS) is 13.6. The second-order valence-corrected chi connectivity index (χ2v) is 12.4. The van der Waals surface area contributed by atoms with Gasteiger partial charge in [-0.15, -0.1) is 0 Å². The summed E-state index contributed by atoms with van der Waals surface area (Å²) in [6.07, 6.45) is 4.94. The van der Waals surface area contributed by atoms with Crippen molar-refractivity contribution in [3.05, 3.63) is 100 Å². The number of aryl methyl sites for hydroxylation is 1. The van der Waals surface area contributed by atoms with E-state index in [0.717, 1.165) is 42.7 Å². The number of hydrogen-bond acceptors (Lipinski definition) is 9. The third-order valence-corrected chi connectivity index (χ3v) is 8.80. The number of rotatable bonds is 12. The lowest BCUT2D eigenvalue weighted by Gasteiger charge is -2.30. The van der Waals surface area contributed by atoms with Gasteiger partial charge in [0.2, 0.25) is 0 Å². The van der Waals surface area contributed by atoms with Crippen LogP contribution in [-0.4, -0.2) is 66.0 Å². The van der Waals surface area contributed by atoms with E-state index in [-0.39, 0.29) is 17.1 Å². The maximum Gasteiger partial charge on any atom is 0.276 e. The van der Waals surface area contributed by atoms with Crippen LogP contribution >= 0.6 is 0 Å². The summed E-state index contributed by atoms with van der Waals surface area (Å²) in [6.45, 7) is 7.70. The zero-order valence-electron chi connectivity index (χ0n) is 28.6. The molecule has 3 heterocycles. The molecule has 1 N–H and O–H groups in total. The first-order valence-electron chi connectivity index (χ1n) is 16.6. The zero-order valence-corrected chi connectivity index (χ0v) is 28.6. The molecular formula is C38H40FN5O6. The molecule has 2 aromatic heterocycles. The first-order valence-corrected chi connectivity index (χ1v) is 16.6. The van der Waals surface area contributed by atoms with Crippen molar-refractivity contribution in [2.24, 2.45) is 5.92 Å². The monoisotopic (exact) mass is 681 g/mol. The van der Waals surface area contributed by atoms with Crippen molar-refractivity contribution in [2.45, 2.75) is 33.1 Å². The molecule has 0 radical (unpaired) electrons. The molecule has 0 bridgehead atoms. The number of carbonyl (C=O) groups excluding carboxylic acids is 1. The molecule has 1 saturated heterocycles. The third kappa shape index (κ3) is 7.86. The van der Waals surface area contributed by atoms with Gasteiger partial charge < -0.3 is 29.2 Å². The maximum absolute atomic E-state index is 15.6. The number of amides is 1. The second kappa shape index (κ2) is 15.4. The van der Waals surface area contributed by atoms with Crippen molar-refractivity contribution in [3.63, 3.8) is 0 Å². The molecule has 0 spiro atoms. The number of pyridine rings is 1. The number of nitrogens with one attached hydrogen (secondary N) is 1. The number of benzene rings is 3. The molecule has 6 rings (SSSR count). The Balaban J connectivity index is 1.17. The average molecular weight is 682 g/mol. The van der Waals surface area contributed by atoms with Crippen molar-refractivity contribution >= 4 is 22.5 Å². The molecule has 11 nitrogen and oxygen atoms in total. The van der Waals surface area contributed by atoms with E-state index in [2.05, 4.69) is 27.2 Å². The van der Waals surface area contributed by atoms with Crippen LogP contribution in [0.2, 0.25) is 0 Å². The summed E-state index contributed by atoms with van der Waals surface area (Å²) in [5.41, 5.74) is 1.09. The number of aromatic nitrogens is 3. The molecule has 0 atom stereocenters. The van der Waals surface area contributed by atoms with Crippen LogP contribution in [0.1, 0.15) is 42.2 Å². The van der Waals surface area contributed by atoms with Crippen LogP contribution in [0.3, 0.4) is 0 Å². The minimum Gasteiger partial charge on any atom is -0.497 e. The Labute approximate surface area is 289 Å². The number of ether oxygens (including phenoxy) is 4. The zero-order chi connectivity index (χ0) is 35.2.